The van der Waals surface area contributed by atoms with Crippen molar-refractivity contribution in [2.75, 3.05) is 6.61 Å². The van der Waals surface area contributed by atoms with Gasteiger partial charge in [0.25, 0.3) is 10.1 Å². The number of benzene rings is 2. The molecule has 212 valence electrons. The second kappa shape index (κ2) is 21.7. The summed E-state index contributed by atoms with van der Waals surface area (Å²) < 4.78 is 69.1. The third-order valence-electron chi connectivity index (χ3n) is 6.20. The maximum absolute atomic E-state index is 12.8. The van der Waals surface area contributed by atoms with Gasteiger partial charge in [-0.15, -0.1) is 0 Å². The van der Waals surface area contributed by atoms with E-state index >= 15 is 0 Å². The van der Waals surface area contributed by atoms with Gasteiger partial charge in [-0.2, -0.15) is 16.8 Å². The Hall–Kier alpha value is 0.0600. The van der Waals surface area contributed by atoms with Crippen LogP contribution in [-0.2, 0) is 24.4 Å². The van der Waals surface area contributed by atoms with E-state index in [9.17, 15) is 21.4 Å². The molecule has 0 amide bonds. The molecule has 0 radical (unpaired) electrons. The molecule has 7 nitrogen and oxygen atoms in total. The topological polar surface area (TPSA) is 107 Å². The quantitative estimate of drug-likeness (QED) is 0.0786. The predicted octanol–water partition coefficient (Wildman–Crippen LogP) is 6.62. The molecule has 0 atom stereocenters. The summed E-state index contributed by atoms with van der Waals surface area (Å²) in [6.07, 6.45) is 16.9. The minimum atomic E-state index is -4.55. The van der Waals surface area contributed by atoms with Gasteiger partial charge in [0, 0.05) is 0 Å². The van der Waals surface area contributed by atoms with E-state index in [1.807, 2.05) is 0 Å². The molecule has 0 bridgehead atoms. The van der Waals surface area contributed by atoms with Crippen molar-refractivity contribution in [1.29, 1.82) is 0 Å². The third kappa shape index (κ3) is 15.7. The van der Waals surface area contributed by atoms with Gasteiger partial charge in [-0.25, -0.2) is 0 Å². The minimum absolute atomic E-state index is 0. The zero-order valence-electron chi connectivity index (χ0n) is 21.9. The Morgan fingerprint density at radius 3 is 1.44 bits per heavy atom. The first-order valence-electron chi connectivity index (χ1n) is 13.5. The molecule has 0 fully saturated rings. The van der Waals surface area contributed by atoms with Crippen molar-refractivity contribution in [2.24, 2.45) is 0 Å². The van der Waals surface area contributed by atoms with E-state index in [4.69, 9.17) is 8.92 Å². The summed E-state index contributed by atoms with van der Waals surface area (Å²) in [7, 11) is -8.66. The molecule has 0 saturated carbocycles. The molecule has 2 aromatic rings. The number of unbranched alkanes of at least 4 members (excludes halogenated alkanes) is 13. The molecule has 2 aromatic carbocycles. The van der Waals surface area contributed by atoms with Crippen LogP contribution >= 0.6 is 0 Å². The fourth-order valence-corrected chi connectivity index (χ4v) is 5.82. The van der Waals surface area contributed by atoms with Crippen LogP contribution in [0.4, 0.5) is 0 Å². The van der Waals surface area contributed by atoms with Crippen molar-refractivity contribution < 1.29 is 30.3 Å². The molecule has 0 aliphatic carbocycles. The Labute approximate surface area is 280 Å². The van der Waals surface area contributed by atoms with Gasteiger partial charge in [-0.05, 0) is 30.7 Å². The first kappa shape index (κ1) is 39.1. The summed E-state index contributed by atoms with van der Waals surface area (Å²) in [5, 5.41) is 0. The first-order chi connectivity index (χ1) is 17.8. The van der Waals surface area contributed by atoms with Crippen LogP contribution in [0.15, 0.2) is 58.3 Å². The molecule has 1 N–H and O–H groups in total. The monoisotopic (exact) mass is 602 g/mol. The van der Waals surface area contributed by atoms with Crippen LogP contribution in [-0.4, -0.2) is 87.1 Å². The second-order valence-corrected chi connectivity index (χ2v) is 12.3. The summed E-state index contributed by atoms with van der Waals surface area (Å²) in [6.45, 7) is 2.31. The number of hydrogen-bond acceptors (Lipinski definition) is 6. The van der Waals surface area contributed by atoms with Crippen molar-refractivity contribution in [1.82, 2.24) is 0 Å². The third-order valence-corrected chi connectivity index (χ3v) is 8.45. The fourth-order valence-electron chi connectivity index (χ4n) is 4.14. The Bertz CT molecular complexity index is 1140. The maximum atomic E-state index is 12.8. The summed E-state index contributed by atoms with van der Waals surface area (Å²) in [4.78, 5) is -0.656. The molecule has 0 heterocycles. The van der Waals surface area contributed by atoms with Gasteiger partial charge in [0.1, 0.15) is 21.3 Å². The molecule has 39 heavy (non-hydrogen) atoms. The van der Waals surface area contributed by atoms with Gasteiger partial charge in [-0.1, -0.05) is 115 Å². The van der Waals surface area contributed by atoms with E-state index in [0.29, 0.717) is 6.42 Å². The van der Waals surface area contributed by atoms with Crippen LogP contribution < -0.4 is 4.74 Å². The van der Waals surface area contributed by atoms with Crippen LogP contribution in [0.1, 0.15) is 96.8 Å². The number of para-hydroxylation sites is 2. The first-order valence-corrected chi connectivity index (χ1v) is 16.3. The van der Waals surface area contributed by atoms with Gasteiger partial charge in [0.2, 0.25) is 0 Å². The van der Waals surface area contributed by atoms with Crippen LogP contribution in [0.2, 0.25) is 0 Å². The number of rotatable bonds is 20. The van der Waals surface area contributed by atoms with Gasteiger partial charge in [-0.3, -0.25) is 8.74 Å². The standard InChI is InChI=1S/C28H42O7S2.2Na.2H/c1-2-3-4-5-6-7-8-9-10-11-12-13-14-19-24-34-37(32,33)28-23-18-16-21-26(28)35-25-20-15-17-22-27(25)36(29,30)31;;;;/h15-18,20-23H,2-14,19,24H2,1H3,(H,29,30,31);;;;. The molecule has 0 spiro atoms. The molecule has 2 rings (SSSR count). The Kier molecular flexibility index (Phi) is 21.8. The van der Waals surface area contributed by atoms with E-state index in [0.717, 1.165) is 19.3 Å². The SMILES string of the molecule is CCCCCCCCCCCCCCCCOS(=O)(=O)c1ccccc1Oc1ccccc1S(=O)(=O)O.[NaH].[NaH]. The molecule has 11 heteroatoms. The van der Waals surface area contributed by atoms with Crippen molar-refractivity contribution in [3.05, 3.63) is 48.5 Å². The van der Waals surface area contributed by atoms with Gasteiger partial charge in [0.15, 0.2) is 0 Å². The second-order valence-electron chi connectivity index (χ2n) is 9.34. The van der Waals surface area contributed by atoms with E-state index in [1.165, 1.54) is 107 Å². The van der Waals surface area contributed by atoms with E-state index in [2.05, 4.69) is 6.92 Å². The molecular formula is C28H44Na2O7S2. The summed E-state index contributed by atoms with van der Waals surface area (Å²) in [5.74, 6) is -0.265. The summed E-state index contributed by atoms with van der Waals surface area (Å²) >= 11 is 0. The Morgan fingerprint density at radius 1 is 0.590 bits per heavy atom. The van der Waals surface area contributed by atoms with E-state index in [1.54, 1.807) is 6.07 Å². The number of ether oxygens (including phenoxy) is 1. The van der Waals surface area contributed by atoms with E-state index < -0.39 is 25.1 Å². The van der Waals surface area contributed by atoms with Crippen molar-refractivity contribution >= 4 is 79.4 Å². The molecule has 0 aromatic heterocycles. The zero-order chi connectivity index (χ0) is 27.0. The van der Waals surface area contributed by atoms with Crippen LogP contribution in [0.3, 0.4) is 0 Å². The van der Waals surface area contributed by atoms with Crippen molar-refractivity contribution in [3.8, 4) is 11.5 Å². The molecule has 0 saturated heterocycles. The van der Waals surface area contributed by atoms with Crippen molar-refractivity contribution in [3.63, 3.8) is 0 Å². The average molecular weight is 603 g/mol. The Balaban J connectivity index is 0.00000722. The Morgan fingerprint density at radius 2 is 0.974 bits per heavy atom. The van der Waals surface area contributed by atoms with Crippen LogP contribution in [0.25, 0.3) is 0 Å². The normalized spacial score (nSPS) is 11.4. The molecule has 0 aliphatic rings. The molecule has 0 unspecified atom stereocenters. The number of hydrogen-bond donors (Lipinski definition) is 1. The fraction of sp³-hybridized carbons (Fsp3) is 0.571. The van der Waals surface area contributed by atoms with Crippen LogP contribution in [0.5, 0.6) is 11.5 Å². The zero-order valence-corrected chi connectivity index (χ0v) is 23.6. The van der Waals surface area contributed by atoms with E-state index in [-0.39, 0.29) is 82.1 Å². The van der Waals surface area contributed by atoms with Crippen molar-refractivity contribution in [2.45, 2.75) is 107 Å². The van der Waals surface area contributed by atoms with Gasteiger partial charge in [0.05, 0.1) is 6.61 Å². The molecular weight excluding hydrogens is 558 g/mol. The van der Waals surface area contributed by atoms with Crippen LogP contribution in [0, 0.1) is 0 Å². The van der Waals surface area contributed by atoms with Gasteiger partial charge < -0.3 is 4.74 Å². The summed E-state index contributed by atoms with van der Waals surface area (Å²) in [5.41, 5.74) is 0. The molecule has 0 aliphatic heterocycles. The summed E-state index contributed by atoms with van der Waals surface area (Å²) in [6, 6.07) is 11.3. The predicted molar refractivity (Wildman–Crippen MR) is 161 cm³/mol. The van der Waals surface area contributed by atoms with Gasteiger partial charge >= 0.3 is 69.2 Å². The average Bonchev–Trinajstić information content (AvgIpc) is 2.86.